The summed E-state index contributed by atoms with van der Waals surface area (Å²) in [6.45, 7) is 1.91. The molecule has 1 aromatic carbocycles. The summed E-state index contributed by atoms with van der Waals surface area (Å²) in [4.78, 5) is 22.9. The number of nitrogens with one attached hydrogen (secondary N) is 1. The van der Waals surface area contributed by atoms with E-state index in [1.165, 1.54) is 0 Å². The molecule has 3 rings (SSSR count). The summed E-state index contributed by atoms with van der Waals surface area (Å²) in [5.41, 5.74) is 1.85. The second-order valence-electron chi connectivity index (χ2n) is 4.52. The number of fused-ring (bicyclic) bond motifs is 2. The van der Waals surface area contributed by atoms with Crippen molar-refractivity contribution in [3.8, 4) is 0 Å². The van der Waals surface area contributed by atoms with Gasteiger partial charge < -0.3 is 10.4 Å². The fourth-order valence-corrected chi connectivity index (χ4v) is 2.66. The molecule has 2 unspecified atom stereocenters. The van der Waals surface area contributed by atoms with E-state index < -0.39 is 17.3 Å². The Hall–Kier alpha value is -1.84. The Morgan fingerprint density at radius 1 is 1.56 bits per heavy atom. The number of carbonyl (C=O) groups excluding carboxylic acids is 1. The van der Waals surface area contributed by atoms with Crippen molar-refractivity contribution >= 4 is 17.6 Å². The fraction of sp³-hybridized carbons (Fsp3) is 0.333. The highest BCUT2D eigenvalue weighted by atomic mass is 16.4. The van der Waals surface area contributed by atoms with Gasteiger partial charge in [0.2, 0.25) is 5.91 Å². The number of carboxylic acids is 1. The van der Waals surface area contributed by atoms with Gasteiger partial charge in [-0.15, -0.1) is 0 Å². The smallest absolute Gasteiger partial charge is 0.307 e. The van der Waals surface area contributed by atoms with Crippen LogP contribution in [-0.4, -0.2) is 17.0 Å². The molecular formula is C12H11NO3. The zero-order valence-electron chi connectivity index (χ0n) is 8.78. The summed E-state index contributed by atoms with van der Waals surface area (Å²) in [5.74, 6) is -1.61. The summed E-state index contributed by atoms with van der Waals surface area (Å²) in [6, 6.07) is 5.63. The van der Waals surface area contributed by atoms with E-state index in [1.807, 2.05) is 25.1 Å². The standard InChI is InChI=1S/C12H11NO3/c1-6-3-2-4-7-9(6)13-11(16)12(7)5-8(12)10(14)15/h2-4,8H,5H2,1H3,(H,13,16)(H,14,15). The predicted octanol–water partition coefficient (Wildman–Crippen LogP) is 1.29. The molecule has 2 atom stereocenters. The third-order valence-corrected chi connectivity index (χ3v) is 3.66. The molecule has 0 radical (unpaired) electrons. The minimum absolute atomic E-state index is 0.163. The first-order chi connectivity index (χ1) is 7.57. The van der Waals surface area contributed by atoms with E-state index in [0.29, 0.717) is 6.42 Å². The first-order valence-corrected chi connectivity index (χ1v) is 5.22. The van der Waals surface area contributed by atoms with E-state index >= 15 is 0 Å². The Labute approximate surface area is 92.3 Å². The van der Waals surface area contributed by atoms with E-state index in [-0.39, 0.29) is 5.91 Å². The number of amides is 1. The summed E-state index contributed by atoms with van der Waals surface area (Å²) in [7, 11) is 0. The van der Waals surface area contributed by atoms with Gasteiger partial charge in [0.15, 0.2) is 0 Å². The molecule has 1 amide bonds. The minimum atomic E-state index is -0.885. The Kier molecular flexibility index (Phi) is 1.55. The number of para-hydroxylation sites is 1. The minimum Gasteiger partial charge on any atom is -0.481 e. The van der Waals surface area contributed by atoms with Gasteiger partial charge >= 0.3 is 5.97 Å². The second kappa shape index (κ2) is 2.64. The van der Waals surface area contributed by atoms with Gasteiger partial charge in [-0.3, -0.25) is 9.59 Å². The van der Waals surface area contributed by atoms with Gasteiger partial charge in [-0.05, 0) is 24.5 Å². The molecule has 4 nitrogen and oxygen atoms in total. The largest absolute Gasteiger partial charge is 0.481 e. The van der Waals surface area contributed by atoms with Gasteiger partial charge in [0, 0.05) is 5.69 Å². The highest BCUT2D eigenvalue weighted by molar-refractivity contribution is 6.12. The van der Waals surface area contributed by atoms with Crippen molar-refractivity contribution in [2.24, 2.45) is 5.92 Å². The first kappa shape index (κ1) is 9.39. The van der Waals surface area contributed by atoms with Crippen molar-refractivity contribution < 1.29 is 14.7 Å². The van der Waals surface area contributed by atoms with Crippen molar-refractivity contribution in [2.75, 3.05) is 5.32 Å². The molecule has 1 spiro atoms. The SMILES string of the molecule is Cc1cccc2c1NC(=O)C21CC1C(=O)O. The van der Waals surface area contributed by atoms with Gasteiger partial charge in [-0.1, -0.05) is 18.2 Å². The average Bonchev–Trinajstić information content (AvgIpc) is 2.90. The lowest BCUT2D eigenvalue weighted by molar-refractivity contribution is -0.140. The van der Waals surface area contributed by atoms with E-state index in [0.717, 1.165) is 16.8 Å². The second-order valence-corrected chi connectivity index (χ2v) is 4.52. The first-order valence-electron chi connectivity index (χ1n) is 5.22. The maximum atomic E-state index is 11.9. The highest BCUT2D eigenvalue weighted by Crippen LogP contribution is 2.60. The van der Waals surface area contributed by atoms with Crippen molar-refractivity contribution in [1.29, 1.82) is 0 Å². The van der Waals surface area contributed by atoms with Crippen molar-refractivity contribution in [1.82, 2.24) is 0 Å². The number of hydrogen-bond acceptors (Lipinski definition) is 2. The molecule has 1 heterocycles. The van der Waals surface area contributed by atoms with E-state index in [2.05, 4.69) is 5.32 Å². The maximum Gasteiger partial charge on any atom is 0.307 e. The molecule has 0 bridgehead atoms. The topological polar surface area (TPSA) is 66.4 Å². The number of anilines is 1. The molecule has 4 heteroatoms. The Morgan fingerprint density at radius 3 is 2.94 bits per heavy atom. The lowest BCUT2D eigenvalue weighted by Gasteiger charge is -2.06. The van der Waals surface area contributed by atoms with Crippen molar-refractivity contribution in [3.63, 3.8) is 0 Å². The van der Waals surface area contributed by atoms with Gasteiger partial charge in [0.1, 0.15) is 0 Å². The molecule has 1 saturated carbocycles. The summed E-state index contributed by atoms with van der Waals surface area (Å²) < 4.78 is 0. The van der Waals surface area contributed by atoms with Crippen molar-refractivity contribution in [3.05, 3.63) is 29.3 Å². The molecule has 1 aromatic rings. The average molecular weight is 217 g/mol. The van der Waals surface area contributed by atoms with Crippen LogP contribution in [0.1, 0.15) is 17.5 Å². The molecular weight excluding hydrogens is 206 g/mol. The normalized spacial score (nSPS) is 30.1. The molecule has 1 aliphatic carbocycles. The number of aryl methyl sites for hydroxylation is 1. The lowest BCUT2D eigenvalue weighted by Crippen LogP contribution is -2.24. The third-order valence-electron chi connectivity index (χ3n) is 3.66. The van der Waals surface area contributed by atoms with Crippen LogP contribution in [0.5, 0.6) is 0 Å². The molecule has 82 valence electrons. The summed E-state index contributed by atoms with van der Waals surface area (Å²) >= 11 is 0. The van der Waals surface area contributed by atoms with Crippen LogP contribution >= 0.6 is 0 Å². The van der Waals surface area contributed by atoms with Gasteiger partial charge in [-0.25, -0.2) is 0 Å². The number of carboxylic acid groups (broad SMARTS) is 1. The number of aliphatic carboxylic acids is 1. The van der Waals surface area contributed by atoms with Crippen LogP contribution in [0, 0.1) is 12.8 Å². The van der Waals surface area contributed by atoms with Crippen LogP contribution in [0.25, 0.3) is 0 Å². The Morgan fingerprint density at radius 2 is 2.31 bits per heavy atom. The monoisotopic (exact) mass is 217 g/mol. The third kappa shape index (κ3) is 0.894. The van der Waals surface area contributed by atoms with Gasteiger partial charge in [0.25, 0.3) is 0 Å². The maximum absolute atomic E-state index is 11.9. The lowest BCUT2D eigenvalue weighted by atomic mass is 9.93. The quantitative estimate of drug-likeness (QED) is 0.744. The van der Waals surface area contributed by atoms with Crippen LogP contribution in [-0.2, 0) is 15.0 Å². The van der Waals surface area contributed by atoms with Crippen LogP contribution < -0.4 is 5.32 Å². The van der Waals surface area contributed by atoms with E-state index in [9.17, 15) is 9.59 Å². The van der Waals surface area contributed by atoms with Crippen LogP contribution in [0.2, 0.25) is 0 Å². The molecule has 16 heavy (non-hydrogen) atoms. The molecule has 0 saturated heterocycles. The summed E-state index contributed by atoms with van der Waals surface area (Å²) in [6.07, 6.45) is 0.421. The van der Waals surface area contributed by atoms with Gasteiger partial charge in [0.05, 0.1) is 11.3 Å². The number of rotatable bonds is 1. The van der Waals surface area contributed by atoms with Crippen LogP contribution in [0.15, 0.2) is 18.2 Å². The van der Waals surface area contributed by atoms with E-state index in [4.69, 9.17) is 5.11 Å². The molecule has 1 aliphatic heterocycles. The zero-order valence-corrected chi connectivity index (χ0v) is 8.78. The van der Waals surface area contributed by atoms with Crippen molar-refractivity contribution in [2.45, 2.75) is 18.8 Å². The zero-order chi connectivity index (χ0) is 11.5. The molecule has 2 aliphatic rings. The molecule has 1 fully saturated rings. The fourth-order valence-electron chi connectivity index (χ4n) is 2.66. The Bertz CT molecular complexity index is 523. The van der Waals surface area contributed by atoms with Crippen LogP contribution in [0.3, 0.4) is 0 Å². The van der Waals surface area contributed by atoms with Crippen LogP contribution in [0.4, 0.5) is 5.69 Å². The number of hydrogen-bond donors (Lipinski definition) is 2. The summed E-state index contributed by atoms with van der Waals surface area (Å²) in [5, 5.41) is 11.8. The van der Waals surface area contributed by atoms with Gasteiger partial charge in [-0.2, -0.15) is 0 Å². The van der Waals surface area contributed by atoms with E-state index in [1.54, 1.807) is 0 Å². The molecule has 2 N–H and O–H groups in total. The predicted molar refractivity (Wildman–Crippen MR) is 57.2 cm³/mol. The number of benzene rings is 1. The highest BCUT2D eigenvalue weighted by Gasteiger charge is 2.68. The molecule has 0 aromatic heterocycles. The number of carbonyl (C=O) groups is 2. The Balaban J connectivity index is 2.16.